The molecule has 1 aromatic heterocycles. The van der Waals surface area contributed by atoms with E-state index in [0.717, 1.165) is 0 Å². The van der Waals surface area contributed by atoms with Crippen molar-refractivity contribution in [2.45, 2.75) is 13.8 Å². The molecule has 2 N–H and O–H groups in total. The number of rotatable bonds is 7. The van der Waals surface area contributed by atoms with Crippen LogP contribution in [0.1, 0.15) is 44.2 Å². The first-order valence-electron chi connectivity index (χ1n) is 9.68. The second-order valence-corrected chi connectivity index (χ2v) is 7.44. The van der Waals surface area contributed by atoms with Gasteiger partial charge in [0.2, 0.25) is 0 Å². The van der Waals surface area contributed by atoms with Gasteiger partial charge >= 0.3 is 0 Å². The molecule has 7 heteroatoms. The lowest BCUT2D eigenvalue weighted by atomic mass is 10.1. The third kappa shape index (κ3) is 4.93. The molecule has 0 saturated carbocycles. The average Bonchev–Trinajstić information content (AvgIpc) is 3.30. The zero-order valence-electron chi connectivity index (χ0n) is 16.8. The summed E-state index contributed by atoms with van der Waals surface area (Å²) in [5.41, 5.74) is 1.78. The molecule has 0 atom stereocenters. The minimum Gasteiger partial charge on any atom is -0.339 e. The predicted molar refractivity (Wildman–Crippen MR) is 120 cm³/mol. The van der Waals surface area contributed by atoms with E-state index in [0.29, 0.717) is 40.5 Å². The van der Waals surface area contributed by atoms with Gasteiger partial charge in [0.1, 0.15) is 0 Å². The number of amides is 3. The van der Waals surface area contributed by atoms with Crippen molar-refractivity contribution in [2.75, 3.05) is 23.7 Å². The van der Waals surface area contributed by atoms with Crippen LogP contribution >= 0.6 is 11.3 Å². The van der Waals surface area contributed by atoms with Crippen LogP contribution in [0, 0.1) is 0 Å². The molecule has 30 heavy (non-hydrogen) atoms. The highest BCUT2D eigenvalue weighted by molar-refractivity contribution is 7.12. The van der Waals surface area contributed by atoms with Crippen molar-refractivity contribution in [3.63, 3.8) is 0 Å². The van der Waals surface area contributed by atoms with Crippen molar-refractivity contribution in [1.29, 1.82) is 0 Å². The van der Waals surface area contributed by atoms with Crippen LogP contribution in [0.4, 0.5) is 11.4 Å². The van der Waals surface area contributed by atoms with E-state index in [1.54, 1.807) is 65.6 Å². The van der Waals surface area contributed by atoms with Gasteiger partial charge in [0, 0.05) is 24.3 Å². The molecular formula is C23H23N3O3S. The summed E-state index contributed by atoms with van der Waals surface area (Å²) in [6.07, 6.45) is 0. The average molecular weight is 422 g/mol. The molecule has 0 aliphatic heterocycles. The highest BCUT2D eigenvalue weighted by Crippen LogP contribution is 2.20. The van der Waals surface area contributed by atoms with Crippen molar-refractivity contribution in [1.82, 2.24) is 4.90 Å². The Kier molecular flexibility index (Phi) is 6.98. The Bertz CT molecular complexity index is 1040. The van der Waals surface area contributed by atoms with Crippen LogP contribution in [-0.2, 0) is 0 Å². The number of anilines is 2. The van der Waals surface area contributed by atoms with Gasteiger partial charge in [-0.15, -0.1) is 11.3 Å². The Balaban J connectivity index is 1.78. The number of carbonyl (C=O) groups is 3. The summed E-state index contributed by atoms with van der Waals surface area (Å²) in [5, 5.41) is 7.43. The van der Waals surface area contributed by atoms with Gasteiger partial charge in [0.25, 0.3) is 17.7 Å². The maximum Gasteiger partial charge on any atom is 0.265 e. The van der Waals surface area contributed by atoms with Gasteiger partial charge < -0.3 is 15.5 Å². The van der Waals surface area contributed by atoms with Crippen LogP contribution in [0.2, 0.25) is 0 Å². The fourth-order valence-electron chi connectivity index (χ4n) is 3.00. The molecule has 3 aromatic rings. The fourth-order valence-corrected chi connectivity index (χ4v) is 3.62. The molecule has 0 unspecified atom stereocenters. The summed E-state index contributed by atoms with van der Waals surface area (Å²) in [6, 6.07) is 17.2. The van der Waals surface area contributed by atoms with E-state index < -0.39 is 0 Å². The Morgan fingerprint density at radius 1 is 0.867 bits per heavy atom. The third-order valence-corrected chi connectivity index (χ3v) is 5.45. The molecule has 0 spiro atoms. The Hall–Kier alpha value is -3.45. The Morgan fingerprint density at radius 3 is 2.33 bits per heavy atom. The van der Waals surface area contributed by atoms with Gasteiger partial charge in [-0.05, 0) is 55.6 Å². The highest BCUT2D eigenvalue weighted by Gasteiger charge is 2.16. The maximum atomic E-state index is 12.9. The van der Waals surface area contributed by atoms with E-state index in [1.807, 2.05) is 19.2 Å². The summed E-state index contributed by atoms with van der Waals surface area (Å²) < 4.78 is 0. The van der Waals surface area contributed by atoms with Gasteiger partial charge in [0.05, 0.1) is 16.1 Å². The second kappa shape index (κ2) is 9.84. The summed E-state index contributed by atoms with van der Waals surface area (Å²) >= 11 is 1.33. The number of carbonyl (C=O) groups excluding carboxylic acids is 3. The molecule has 0 saturated heterocycles. The van der Waals surface area contributed by atoms with Gasteiger partial charge in [-0.2, -0.15) is 0 Å². The van der Waals surface area contributed by atoms with Crippen molar-refractivity contribution >= 4 is 40.4 Å². The number of hydrogen-bond donors (Lipinski definition) is 2. The molecule has 154 valence electrons. The number of para-hydroxylation sites is 1. The molecule has 6 nitrogen and oxygen atoms in total. The lowest BCUT2D eigenvalue weighted by Crippen LogP contribution is -2.30. The van der Waals surface area contributed by atoms with E-state index in [-0.39, 0.29) is 17.7 Å². The third-order valence-electron chi connectivity index (χ3n) is 4.58. The normalized spacial score (nSPS) is 10.3. The first kappa shape index (κ1) is 21.3. The molecule has 0 bridgehead atoms. The number of benzene rings is 2. The topological polar surface area (TPSA) is 78.5 Å². The molecule has 2 aromatic carbocycles. The van der Waals surface area contributed by atoms with Crippen molar-refractivity contribution < 1.29 is 14.4 Å². The molecule has 0 radical (unpaired) electrons. The fraction of sp³-hybridized carbons (Fsp3) is 0.174. The predicted octanol–water partition coefficient (Wildman–Crippen LogP) is 4.73. The van der Waals surface area contributed by atoms with Crippen molar-refractivity contribution in [3.8, 4) is 0 Å². The molecule has 0 aliphatic carbocycles. The quantitative estimate of drug-likeness (QED) is 0.579. The number of hydrogen-bond acceptors (Lipinski definition) is 4. The first-order chi connectivity index (χ1) is 14.5. The van der Waals surface area contributed by atoms with Gasteiger partial charge in [0.15, 0.2) is 0 Å². The highest BCUT2D eigenvalue weighted by atomic mass is 32.1. The minimum absolute atomic E-state index is 0.0836. The SMILES string of the molecule is CCN(CC)C(=O)c1cccc(NC(=O)c2ccccc2NC(=O)c2cccs2)c1. The van der Waals surface area contributed by atoms with Crippen LogP contribution in [0.3, 0.4) is 0 Å². The van der Waals surface area contributed by atoms with Crippen molar-refractivity contribution in [3.05, 3.63) is 82.0 Å². The monoisotopic (exact) mass is 421 g/mol. The molecule has 1 heterocycles. The largest absolute Gasteiger partial charge is 0.339 e. The number of thiophene rings is 1. The van der Waals surface area contributed by atoms with Crippen molar-refractivity contribution in [2.24, 2.45) is 0 Å². The van der Waals surface area contributed by atoms with Crippen LogP contribution in [0.15, 0.2) is 66.0 Å². The van der Waals surface area contributed by atoms with E-state index in [9.17, 15) is 14.4 Å². The number of nitrogens with one attached hydrogen (secondary N) is 2. The van der Waals surface area contributed by atoms with Gasteiger partial charge in [-0.25, -0.2) is 0 Å². The lowest BCUT2D eigenvalue weighted by Gasteiger charge is -2.19. The molecule has 3 amide bonds. The second-order valence-electron chi connectivity index (χ2n) is 6.49. The smallest absolute Gasteiger partial charge is 0.265 e. The van der Waals surface area contributed by atoms with E-state index in [4.69, 9.17) is 0 Å². The standard InChI is InChI=1S/C23H23N3O3S/c1-3-26(4-2)23(29)16-9-7-10-17(15-16)24-21(27)18-11-5-6-12-19(18)25-22(28)20-13-8-14-30-20/h5-15H,3-4H2,1-2H3,(H,24,27)(H,25,28). The zero-order valence-corrected chi connectivity index (χ0v) is 17.7. The molecule has 0 aliphatic rings. The minimum atomic E-state index is -0.371. The summed E-state index contributed by atoms with van der Waals surface area (Å²) in [5.74, 6) is -0.721. The first-order valence-corrected chi connectivity index (χ1v) is 10.6. The lowest BCUT2D eigenvalue weighted by molar-refractivity contribution is 0.0772. The van der Waals surface area contributed by atoms with Crippen LogP contribution < -0.4 is 10.6 Å². The van der Waals surface area contributed by atoms with E-state index in [2.05, 4.69) is 10.6 Å². The van der Waals surface area contributed by atoms with E-state index >= 15 is 0 Å². The zero-order chi connectivity index (χ0) is 21.5. The van der Waals surface area contributed by atoms with Gasteiger partial charge in [-0.3, -0.25) is 14.4 Å². The molecule has 0 fully saturated rings. The maximum absolute atomic E-state index is 12.9. The Labute approximate surface area is 179 Å². The molecular weight excluding hydrogens is 398 g/mol. The van der Waals surface area contributed by atoms with Gasteiger partial charge in [-0.1, -0.05) is 24.3 Å². The van der Waals surface area contributed by atoms with Crippen LogP contribution in [0.5, 0.6) is 0 Å². The van der Waals surface area contributed by atoms with Crippen LogP contribution in [-0.4, -0.2) is 35.7 Å². The van der Waals surface area contributed by atoms with E-state index in [1.165, 1.54) is 11.3 Å². The summed E-state index contributed by atoms with van der Waals surface area (Å²) in [4.78, 5) is 40.1. The Morgan fingerprint density at radius 2 is 1.63 bits per heavy atom. The number of nitrogens with zero attached hydrogens (tertiary/aromatic N) is 1. The summed E-state index contributed by atoms with van der Waals surface area (Å²) in [7, 11) is 0. The van der Waals surface area contributed by atoms with Crippen LogP contribution in [0.25, 0.3) is 0 Å². The summed E-state index contributed by atoms with van der Waals surface area (Å²) in [6.45, 7) is 5.08. The molecule has 3 rings (SSSR count).